The van der Waals surface area contributed by atoms with E-state index in [1.807, 2.05) is 19.1 Å². The van der Waals surface area contributed by atoms with Gasteiger partial charge in [-0.25, -0.2) is 18.1 Å². The van der Waals surface area contributed by atoms with Crippen LogP contribution in [0.25, 0.3) is 4.96 Å². The van der Waals surface area contributed by atoms with Crippen LogP contribution < -0.4 is 10.5 Å². The van der Waals surface area contributed by atoms with Crippen LogP contribution in [0, 0.1) is 6.92 Å². The van der Waals surface area contributed by atoms with E-state index in [4.69, 9.17) is 5.73 Å². The molecule has 21 heavy (non-hydrogen) atoms. The number of pyridine rings is 1. The Labute approximate surface area is 125 Å². The number of nitrogens with one attached hydrogen (secondary N) is 1. The van der Waals surface area contributed by atoms with Crippen LogP contribution in [0.4, 0.5) is 5.82 Å². The van der Waals surface area contributed by atoms with E-state index < -0.39 is 10.0 Å². The highest BCUT2D eigenvalue weighted by Crippen LogP contribution is 2.23. The van der Waals surface area contributed by atoms with Gasteiger partial charge in [-0.05, 0) is 18.6 Å². The first-order valence-corrected chi connectivity index (χ1v) is 8.46. The molecular weight excluding hydrogens is 310 g/mol. The summed E-state index contributed by atoms with van der Waals surface area (Å²) in [6.07, 6.45) is 3.27. The van der Waals surface area contributed by atoms with Crippen molar-refractivity contribution in [2.24, 2.45) is 0 Å². The third-order valence-electron chi connectivity index (χ3n) is 2.94. The number of aryl methyl sites for hydroxylation is 1. The molecule has 0 saturated heterocycles. The molecule has 0 aliphatic carbocycles. The maximum atomic E-state index is 12.4. The van der Waals surface area contributed by atoms with Crippen molar-refractivity contribution in [3.8, 4) is 0 Å². The minimum atomic E-state index is -3.75. The first kappa shape index (κ1) is 14.0. The number of sulfonamides is 1. The van der Waals surface area contributed by atoms with Crippen molar-refractivity contribution in [1.82, 2.24) is 19.1 Å². The van der Waals surface area contributed by atoms with Gasteiger partial charge in [0, 0.05) is 30.0 Å². The molecule has 3 rings (SSSR count). The first-order valence-electron chi connectivity index (χ1n) is 6.09. The molecule has 0 aliphatic heterocycles. The van der Waals surface area contributed by atoms with Crippen molar-refractivity contribution in [1.29, 1.82) is 0 Å². The monoisotopic (exact) mass is 323 g/mol. The second-order valence-corrected chi connectivity index (χ2v) is 7.05. The number of thiazole rings is 1. The molecule has 0 amide bonds. The lowest BCUT2D eigenvalue weighted by Gasteiger charge is -2.06. The minimum Gasteiger partial charge on any atom is -0.381 e. The number of nitrogen functional groups attached to an aromatic ring is 1. The SMILES string of the molecule is Cc1ccc(CNS(=O)(=O)c2c(N)nc3sccn23)cn1. The number of aromatic nitrogens is 3. The molecule has 0 fully saturated rings. The first-order chi connectivity index (χ1) is 9.97. The van der Waals surface area contributed by atoms with Gasteiger partial charge in [-0.1, -0.05) is 6.07 Å². The number of nitrogens with two attached hydrogens (primary N) is 1. The Morgan fingerprint density at radius 1 is 1.43 bits per heavy atom. The summed E-state index contributed by atoms with van der Waals surface area (Å²) in [5, 5.41) is 1.73. The lowest BCUT2D eigenvalue weighted by Crippen LogP contribution is -2.25. The maximum Gasteiger partial charge on any atom is 0.260 e. The second kappa shape index (κ2) is 5.10. The summed E-state index contributed by atoms with van der Waals surface area (Å²) in [6, 6.07) is 3.65. The number of rotatable bonds is 4. The summed E-state index contributed by atoms with van der Waals surface area (Å²) in [7, 11) is -3.75. The standard InChI is InChI=1S/C12H13N5O2S2/c1-8-2-3-9(6-14-8)7-15-21(18,19)11-10(13)16-12-17(11)4-5-20-12/h2-6,15H,7,13H2,1H3. The molecule has 0 spiro atoms. The fraction of sp³-hybridized carbons (Fsp3) is 0.167. The largest absolute Gasteiger partial charge is 0.381 e. The van der Waals surface area contributed by atoms with Crippen molar-refractivity contribution in [3.63, 3.8) is 0 Å². The average molecular weight is 323 g/mol. The van der Waals surface area contributed by atoms with E-state index in [9.17, 15) is 8.42 Å². The zero-order chi connectivity index (χ0) is 15.0. The molecule has 0 atom stereocenters. The molecule has 110 valence electrons. The van der Waals surface area contributed by atoms with Gasteiger partial charge in [0.05, 0.1) is 0 Å². The summed E-state index contributed by atoms with van der Waals surface area (Å²) in [5.41, 5.74) is 7.36. The smallest absolute Gasteiger partial charge is 0.260 e. The fourth-order valence-electron chi connectivity index (χ4n) is 1.90. The number of hydrogen-bond donors (Lipinski definition) is 2. The number of nitrogens with zero attached hydrogens (tertiary/aromatic N) is 3. The van der Waals surface area contributed by atoms with Crippen molar-refractivity contribution in [2.45, 2.75) is 18.5 Å². The van der Waals surface area contributed by atoms with E-state index in [1.165, 1.54) is 15.7 Å². The predicted molar refractivity (Wildman–Crippen MR) is 80.5 cm³/mol. The molecule has 0 bridgehead atoms. The van der Waals surface area contributed by atoms with E-state index in [0.29, 0.717) is 4.96 Å². The third-order valence-corrected chi connectivity index (χ3v) is 5.13. The molecule has 0 unspecified atom stereocenters. The van der Waals surface area contributed by atoms with Crippen molar-refractivity contribution >= 4 is 32.1 Å². The number of imidazole rings is 1. The molecule has 0 radical (unpaired) electrons. The van der Waals surface area contributed by atoms with Crippen LogP contribution in [0.3, 0.4) is 0 Å². The molecule has 0 saturated carbocycles. The third kappa shape index (κ3) is 2.62. The highest BCUT2D eigenvalue weighted by atomic mass is 32.2. The summed E-state index contributed by atoms with van der Waals surface area (Å²) in [6.45, 7) is 2.01. The number of fused-ring (bicyclic) bond motifs is 1. The molecule has 3 aromatic rings. The molecule has 3 aromatic heterocycles. The normalized spacial score (nSPS) is 12.0. The molecule has 9 heteroatoms. The van der Waals surface area contributed by atoms with Crippen LogP contribution in [0.1, 0.15) is 11.3 Å². The van der Waals surface area contributed by atoms with Gasteiger partial charge < -0.3 is 5.73 Å². The van der Waals surface area contributed by atoms with Crippen LogP contribution in [0.5, 0.6) is 0 Å². The average Bonchev–Trinajstić information content (AvgIpc) is 2.97. The van der Waals surface area contributed by atoms with Crippen LogP contribution in [0.15, 0.2) is 34.9 Å². The molecule has 3 heterocycles. The predicted octanol–water partition coefficient (Wildman–Crippen LogP) is 1.16. The summed E-state index contributed by atoms with van der Waals surface area (Å²) in [4.78, 5) is 8.71. The zero-order valence-electron chi connectivity index (χ0n) is 11.1. The molecule has 3 N–H and O–H groups in total. The van der Waals surface area contributed by atoms with Crippen molar-refractivity contribution in [2.75, 3.05) is 5.73 Å². The number of hydrogen-bond acceptors (Lipinski definition) is 6. The Morgan fingerprint density at radius 2 is 2.24 bits per heavy atom. The molecule has 0 aliphatic rings. The van der Waals surface area contributed by atoms with Crippen LogP contribution in [-0.4, -0.2) is 22.8 Å². The summed E-state index contributed by atoms with van der Waals surface area (Å²) < 4.78 is 28.8. The molecule has 0 aromatic carbocycles. The molecule has 7 nitrogen and oxygen atoms in total. The molecular formula is C12H13N5O2S2. The maximum absolute atomic E-state index is 12.4. The van der Waals surface area contributed by atoms with E-state index in [-0.39, 0.29) is 17.4 Å². The van der Waals surface area contributed by atoms with Gasteiger partial charge in [0.15, 0.2) is 15.8 Å². The zero-order valence-corrected chi connectivity index (χ0v) is 12.8. The van der Waals surface area contributed by atoms with E-state index >= 15 is 0 Å². The summed E-state index contributed by atoms with van der Waals surface area (Å²) in [5.74, 6) is -0.00335. The Hall–Kier alpha value is -1.97. The van der Waals surface area contributed by atoms with E-state index in [1.54, 1.807) is 17.8 Å². The summed E-state index contributed by atoms with van der Waals surface area (Å²) >= 11 is 1.32. The van der Waals surface area contributed by atoms with Gasteiger partial charge in [0.2, 0.25) is 0 Å². The van der Waals surface area contributed by atoms with Crippen molar-refractivity contribution in [3.05, 3.63) is 41.2 Å². The second-order valence-electron chi connectivity index (χ2n) is 4.49. The van der Waals surface area contributed by atoms with Crippen molar-refractivity contribution < 1.29 is 8.42 Å². The Bertz CT molecular complexity index is 880. The lowest BCUT2D eigenvalue weighted by molar-refractivity contribution is 0.577. The van der Waals surface area contributed by atoms with Crippen LogP contribution in [0.2, 0.25) is 0 Å². The van der Waals surface area contributed by atoms with Gasteiger partial charge in [-0.3, -0.25) is 9.38 Å². The minimum absolute atomic E-state index is 0.00335. The van der Waals surface area contributed by atoms with Gasteiger partial charge in [0.25, 0.3) is 10.0 Å². The lowest BCUT2D eigenvalue weighted by atomic mass is 10.2. The quantitative estimate of drug-likeness (QED) is 0.750. The van der Waals surface area contributed by atoms with Crippen LogP contribution in [-0.2, 0) is 16.6 Å². The van der Waals surface area contributed by atoms with Gasteiger partial charge >= 0.3 is 0 Å². The highest BCUT2D eigenvalue weighted by molar-refractivity contribution is 7.89. The fourth-order valence-corrected chi connectivity index (χ4v) is 3.90. The Kier molecular flexibility index (Phi) is 3.40. The van der Waals surface area contributed by atoms with Gasteiger partial charge in [-0.2, -0.15) is 0 Å². The van der Waals surface area contributed by atoms with Gasteiger partial charge in [0.1, 0.15) is 0 Å². The topological polar surface area (TPSA) is 102 Å². The van der Waals surface area contributed by atoms with E-state index in [0.717, 1.165) is 11.3 Å². The Balaban J connectivity index is 1.88. The number of anilines is 1. The van der Waals surface area contributed by atoms with Crippen LogP contribution >= 0.6 is 11.3 Å². The Morgan fingerprint density at radius 3 is 2.95 bits per heavy atom. The highest BCUT2D eigenvalue weighted by Gasteiger charge is 2.24. The van der Waals surface area contributed by atoms with Gasteiger partial charge in [-0.15, -0.1) is 11.3 Å². The van der Waals surface area contributed by atoms with E-state index in [2.05, 4.69) is 14.7 Å².